The van der Waals surface area contributed by atoms with E-state index in [0.717, 1.165) is 0 Å². The molecule has 0 unspecified atom stereocenters. The van der Waals surface area contributed by atoms with Crippen LogP contribution in [-0.2, 0) is 11.2 Å². The van der Waals surface area contributed by atoms with E-state index in [2.05, 4.69) is 5.32 Å². The predicted molar refractivity (Wildman–Crippen MR) is 68.0 cm³/mol. The first-order valence-corrected chi connectivity index (χ1v) is 6.19. The van der Waals surface area contributed by atoms with E-state index in [1.807, 2.05) is 5.32 Å². The van der Waals surface area contributed by atoms with Gasteiger partial charge in [-0.05, 0) is 24.5 Å². The van der Waals surface area contributed by atoms with Crippen LogP contribution in [-0.4, -0.2) is 28.8 Å². The normalized spacial score (nSPS) is 16.1. The molecule has 5 nitrogen and oxygen atoms in total. The largest absolute Gasteiger partial charge is 0.481 e. The quantitative estimate of drug-likeness (QED) is 0.799. The molecule has 1 saturated carbocycles. The number of alkyl halides is 3. The van der Waals surface area contributed by atoms with Crippen LogP contribution in [0.1, 0.15) is 18.4 Å². The predicted octanol–water partition coefficient (Wildman–Crippen LogP) is 2.53. The van der Waals surface area contributed by atoms with Crippen molar-refractivity contribution in [3.05, 3.63) is 29.8 Å². The average molecular weight is 302 g/mol. The summed E-state index contributed by atoms with van der Waals surface area (Å²) in [5, 5.41) is 12.9. The first kappa shape index (κ1) is 15.1. The van der Waals surface area contributed by atoms with Crippen molar-refractivity contribution < 1.29 is 27.9 Å². The molecule has 1 aliphatic rings. The average Bonchev–Trinajstić information content (AvgIpc) is 3.11. The van der Waals surface area contributed by atoms with Gasteiger partial charge in [0, 0.05) is 5.69 Å². The highest BCUT2D eigenvalue weighted by atomic mass is 19.4. The Kier molecular flexibility index (Phi) is 3.80. The highest BCUT2D eigenvalue weighted by Gasteiger charge is 2.64. The van der Waals surface area contributed by atoms with E-state index in [-0.39, 0.29) is 24.9 Å². The van der Waals surface area contributed by atoms with Gasteiger partial charge in [0.2, 0.25) is 0 Å². The van der Waals surface area contributed by atoms with E-state index in [0.29, 0.717) is 5.56 Å². The molecule has 0 saturated heterocycles. The molecule has 0 atom stereocenters. The third kappa shape index (κ3) is 3.45. The Bertz CT molecular complexity index is 568. The maximum absolute atomic E-state index is 12.7. The Labute approximate surface area is 118 Å². The molecule has 1 aromatic carbocycles. The van der Waals surface area contributed by atoms with Crippen molar-refractivity contribution in [2.75, 3.05) is 5.32 Å². The number of halogens is 3. The van der Waals surface area contributed by atoms with E-state index in [9.17, 15) is 22.8 Å². The lowest BCUT2D eigenvalue weighted by molar-refractivity contribution is -0.162. The Morgan fingerprint density at radius 1 is 1.24 bits per heavy atom. The summed E-state index contributed by atoms with van der Waals surface area (Å²) in [6.07, 6.45) is -5.13. The number of amides is 2. The molecule has 1 aromatic rings. The van der Waals surface area contributed by atoms with Gasteiger partial charge < -0.3 is 15.7 Å². The zero-order valence-electron chi connectivity index (χ0n) is 10.8. The van der Waals surface area contributed by atoms with E-state index in [1.54, 1.807) is 12.1 Å². The number of hydrogen-bond donors (Lipinski definition) is 3. The number of rotatable bonds is 4. The first-order chi connectivity index (χ1) is 9.73. The molecule has 0 spiro atoms. The van der Waals surface area contributed by atoms with Crippen molar-refractivity contribution in [1.82, 2.24) is 5.32 Å². The Hall–Kier alpha value is -2.25. The number of aliphatic carboxylic acids is 1. The molecule has 0 radical (unpaired) electrons. The van der Waals surface area contributed by atoms with Gasteiger partial charge >= 0.3 is 18.2 Å². The minimum absolute atomic E-state index is 0.152. The molecule has 8 heteroatoms. The maximum atomic E-state index is 12.7. The van der Waals surface area contributed by atoms with Gasteiger partial charge in [0.25, 0.3) is 0 Å². The van der Waals surface area contributed by atoms with Crippen LogP contribution in [0.25, 0.3) is 0 Å². The van der Waals surface area contributed by atoms with Crippen LogP contribution < -0.4 is 10.6 Å². The number of carboxylic acid groups (broad SMARTS) is 1. The Balaban J connectivity index is 2.05. The highest BCUT2D eigenvalue weighted by Crippen LogP contribution is 2.48. The molecule has 3 N–H and O–H groups in total. The van der Waals surface area contributed by atoms with E-state index >= 15 is 0 Å². The van der Waals surface area contributed by atoms with E-state index < -0.39 is 23.7 Å². The van der Waals surface area contributed by atoms with Gasteiger partial charge in [-0.15, -0.1) is 0 Å². The summed E-state index contributed by atoms with van der Waals surface area (Å²) in [4.78, 5) is 22.4. The number of urea groups is 1. The molecule has 21 heavy (non-hydrogen) atoms. The zero-order valence-corrected chi connectivity index (χ0v) is 10.8. The second-order valence-corrected chi connectivity index (χ2v) is 4.89. The van der Waals surface area contributed by atoms with Crippen LogP contribution in [0.15, 0.2) is 24.3 Å². The number of carbonyl (C=O) groups excluding carboxylic acids is 1. The van der Waals surface area contributed by atoms with Gasteiger partial charge in [0.1, 0.15) is 5.54 Å². The zero-order chi connectivity index (χ0) is 15.7. The van der Waals surface area contributed by atoms with Crippen molar-refractivity contribution in [1.29, 1.82) is 0 Å². The molecule has 1 aliphatic carbocycles. The molecular weight excluding hydrogens is 289 g/mol. The van der Waals surface area contributed by atoms with Crippen molar-refractivity contribution in [2.45, 2.75) is 31.0 Å². The topological polar surface area (TPSA) is 78.4 Å². The molecule has 0 aromatic heterocycles. The molecule has 2 amide bonds. The second kappa shape index (κ2) is 5.27. The number of carboxylic acids is 1. The summed E-state index contributed by atoms with van der Waals surface area (Å²) in [6, 6.07) is 5.06. The number of hydrogen-bond acceptors (Lipinski definition) is 2. The molecule has 1 fully saturated rings. The minimum Gasteiger partial charge on any atom is -0.481 e. The Morgan fingerprint density at radius 3 is 2.38 bits per heavy atom. The van der Waals surface area contributed by atoms with Crippen molar-refractivity contribution in [2.24, 2.45) is 0 Å². The number of nitrogens with one attached hydrogen (secondary N) is 2. The highest BCUT2D eigenvalue weighted by molar-refractivity contribution is 5.91. The molecule has 0 heterocycles. The van der Waals surface area contributed by atoms with Crippen molar-refractivity contribution in [3.8, 4) is 0 Å². The summed E-state index contributed by atoms with van der Waals surface area (Å²) in [5.74, 6) is -1.10. The molecular formula is C13H13F3N2O3. The van der Waals surface area contributed by atoms with Crippen molar-refractivity contribution in [3.63, 3.8) is 0 Å². The van der Waals surface area contributed by atoms with Gasteiger partial charge in [-0.25, -0.2) is 4.79 Å². The van der Waals surface area contributed by atoms with Gasteiger partial charge in [-0.1, -0.05) is 18.2 Å². The fraction of sp³-hybridized carbons (Fsp3) is 0.385. The monoisotopic (exact) mass is 302 g/mol. The standard InChI is InChI=1S/C13H13F3N2O3/c14-13(15,16)12(5-6-12)18-11(21)17-9-4-2-1-3-8(9)7-10(19)20/h1-4H,5-7H2,(H,19,20)(H2,17,18,21). The van der Waals surface area contributed by atoms with Crippen LogP contribution in [0.3, 0.4) is 0 Å². The lowest BCUT2D eigenvalue weighted by atomic mass is 10.1. The van der Waals surface area contributed by atoms with E-state index in [4.69, 9.17) is 5.11 Å². The maximum Gasteiger partial charge on any atom is 0.411 e. The molecule has 0 aliphatic heterocycles. The summed E-state index contributed by atoms with van der Waals surface area (Å²) in [7, 11) is 0. The number of carbonyl (C=O) groups is 2. The third-order valence-corrected chi connectivity index (χ3v) is 3.25. The van der Waals surface area contributed by atoms with Crippen LogP contribution in [0.2, 0.25) is 0 Å². The molecule has 114 valence electrons. The number of anilines is 1. The fourth-order valence-corrected chi connectivity index (χ4v) is 1.93. The lowest BCUT2D eigenvalue weighted by Crippen LogP contribution is -2.49. The molecule has 2 rings (SSSR count). The second-order valence-electron chi connectivity index (χ2n) is 4.89. The fourth-order valence-electron chi connectivity index (χ4n) is 1.93. The summed E-state index contributed by atoms with van der Waals surface area (Å²) >= 11 is 0. The van der Waals surface area contributed by atoms with Crippen LogP contribution in [0.5, 0.6) is 0 Å². The lowest BCUT2D eigenvalue weighted by Gasteiger charge is -2.21. The smallest absolute Gasteiger partial charge is 0.411 e. The summed E-state index contributed by atoms with van der Waals surface area (Å²) in [6.45, 7) is 0. The Morgan fingerprint density at radius 2 is 1.86 bits per heavy atom. The minimum atomic E-state index is -4.50. The number of para-hydroxylation sites is 1. The van der Waals surface area contributed by atoms with Crippen LogP contribution >= 0.6 is 0 Å². The van der Waals surface area contributed by atoms with Gasteiger partial charge in [0.15, 0.2) is 0 Å². The first-order valence-electron chi connectivity index (χ1n) is 6.19. The molecule has 0 bridgehead atoms. The third-order valence-electron chi connectivity index (χ3n) is 3.25. The summed E-state index contributed by atoms with van der Waals surface area (Å²) < 4.78 is 38.2. The van der Waals surface area contributed by atoms with Gasteiger partial charge in [-0.3, -0.25) is 4.79 Å². The van der Waals surface area contributed by atoms with E-state index in [1.165, 1.54) is 12.1 Å². The van der Waals surface area contributed by atoms with Gasteiger partial charge in [-0.2, -0.15) is 13.2 Å². The summed E-state index contributed by atoms with van der Waals surface area (Å²) in [5.41, 5.74) is -1.66. The van der Waals surface area contributed by atoms with Crippen molar-refractivity contribution >= 4 is 17.7 Å². The van der Waals surface area contributed by atoms with Crippen LogP contribution in [0, 0.1) is 0 Å². The van der Waals surface area contributed by atoms with Gasteiger partial charge in [0.05, 0.1) is 6.42 Å². The van der Waals surface area contributed by atoms with Crippen LogP contribution in [0.4, 0.5) is 23.7 Å². The SMILES string of the molecule is O=C(O)Cc1ccccc1NC(=O)NC1(C(F)(F)F)CC1. The number of benzene rings is 1.